The second-order valence-corrected chi connectivity index (χ2v) is 11.7. The summed E-state index contributed by atoms with van der Waals surface area (Å²) in [7, 11) is 0. The Morgan fingerprint density at radius 3 is 1.55 bits per heavy atom. The molecule has 2 heterocycles. The zero-order chi connectivity index (χ0) is 31.2. The first-order valence-corrected chi connectivity index (χ1v) is 15.7. The molecule has 2 aromatic heterocycles. The van der Waals surface area contributed by atoms with Crippen LogP contribution in [0.2, 0.25) is 0 Å². The van der Waals surface area contributed by atoms with E-state index in [-0.39, 0.29) is 0 Å². The molecule has 0 bridgehead atoms. The highest BCUT2D eigenvalue weighted by Crippen LogP contribution is 2.36. The molecule has 0 atom stereocenters. The SMILES string of the molecule is c1ccc(-c2ccc(-c3nc(-c4ccccc4)nc(-c4ccc5c(c4)oc4ccc(-c6ccc7ccccc7c6)cc45)n3)cc2)cc1. The first-order valence-electron chi connectivity index (χ1n) is 15.7. The summed E-state index contributed by atoms with van der Waals surface area (Å²) in [5, 5.41) is 4.60. The Kier molecular flexibility index (Phi) is 6.43. The van der Waals surface area contributed by atoms with Gasteiger partial charge in [0.25, 0.3) is 0 Å². The van der Waals surface area contributed by atoms with E-state index in [0.717, 1.165) is 49.8 Å². The van der Waals surface area contributed by atoms with Gasteiger partial charge in [-0.15, -0.1) is 0 Å². The topological polar surface area (TPSA) is 51.8 Å². The minimum atomic E-state index is 0.597. The van der Waals surface area contributed by atoms with Gasteiger partial charge in [-0.25, -0.2) is 15.0 Å². The molecule has 4 heteroatoms. The van der Waals surface area contributed by atoms with Crippen LogP contribution in [0.3, 0.4) is 0 Å². The van der Waals surface area contributed by atoms with Crippen LogP contribution in [-0.4, -0.2) is 15.0 Å². The number of hydrogen-bond donors (Lipinski definition) is 0. The quantitative estimate of drug-likeness (QED) is 0.197. The van der Waals surface area contributed by atoms with E-state index >= 15 is 0 Å². The highest BCUT2D eigenvalue weighted by Gasteiger charge is 2.15. The number of hydrogen-bond acceptors (Lipinski definition) is 4. The van der Waals surface area contributed by atoms with Crippen molar-refractivity contribution in [2.24, 2.45) is 0 Å². The maximum absolute atomic E-state index is 6.39. The Morgan fingerprint density at radius 1 is 0.298 bits per heavy atom. The van der Waals surface area contributed by atoms with Crippen molar-refractivity contribution in [3.05, 3.63) is 164 Å². The first-order chi connectivity index (χ1) is 23.2. The molecule has 0 radical (unpaired) electrons. The molecule has 4 nitrogen and oxygen atoms in total. The lowest BCUT2D eigenvalue weighted by molar-refractivity contribution is 0.669. The molecule has 0 spiro atoms. The van der Waals surface area contributed by atoms with E-state index in [1.807, 2.05) is 42.5 Å². The number of fused-ring (bicyclic) bond motifs is 4. The molecule has 0 unspecified atom stereocenters. The van der Waals surface area contributed by atoms with Gasteiger partial charge >= 0.3 is 0 Å². The molecule has 0 fully saturated rings. The maximum atomic E-state index is 6.39. The number of aromatic nitrogens is 3. The van der Waals surface area contributed by atoms with Crippen LogP contribution in [0.4, 0.5) is 0 Å². The number of rotatable bonds is 5. The van der Waals surface area contributed by atoms with Crippen molar-refractivity contribution in [2.75, 3.05) is 0 Å². The number of nitrogens with zero attached hydrogens (tertiary/aromatic N) is 3. The minimum Gasteiger partial charge on any atom is -0.456 e. The molecule has 0 saturated heterocycles. The zero-order valence-corrected chi connectivity index (χ0v) is 25.3. The van der Waals surface area contributed by atoms with Crippen LogP contribution in [-0.2, 0) is 0 Å². The molecule has 0 aliphatic rings. The molecule has 47 heavy (non-hydrogen) atoms. The fourth-order valence-electron chi connectivity index (χ4n) is 6.26. The molecule has 0 saturated carbocycles. The highest BCUT2D eigenvalue weighted by atomic mass is 16.3. The van der Waals surface area contributed by atoms with Crippen molar-refractivity contribution in [2.45, 2.75) is 0 Å². The summed E-state index contributed by atoms with van der Waals surface area (Å²) < 4.78 is 6.39. The predicted molar refractivity (Wildman–Crippen MR) is 192 cm³/mol. The van der Waals surface area contributed by atoms with Crippen molar-refractivity contribution < 1.29 is 4.42 Å². The summed E-state index contributed by atoms with van der Waals surface area (Å²) >= 11 is 0. The van der Waals surface area contributed by atoms with Gasteiger partial charge < -0.3 is 4.42 Å². The standard InChI is InChI=1S/C43H27N3O/c1-3-9-28(10-4-1)30-15-18-32(19-16-30)42-44-41(31-12-5-2-6-13-31)45-43(46-42)36-21-23-37-38-26-35(22-24-39(38)47-40(37)27-36)34-20-17-29-11-7-8-14-33(29)25-34/h1-27H. The monoisotopic (exact) mass is 601 g/mol. The Morgan fingerprint density at radius 2 is 0.809 bits per heavy atom. The van der Waals surface area contributed by atoms with E-state index < -0.39 is 0 Å². The van der Waals surface area contributed by atoms with Gasteiger partial charge in [-0.2, -0.15) is 0 Å². The lowest BCUT2D eigenvalue weighted by atomic mass is 9.99. The van der Waals surface area contributed by atoms with Crippen molar-refractivity contribution >= 4 is 32.7 Å². The largest absolute Gasteiger partial charge is 0.456 e. The lowest BCUT2D eigenvalue weighted by Gasteiger charge is -2.09. The van der Waals surface area contributed by atoms with Gasteiger partial charge in [-0.3, -0.25) is 0 Å². The molecule has 0 aliphatic carbocycles. The molecule has 0 amide bonds. The van der Waals surface area contributed by atoms with Gasteiger partial charge in [-0.1, -0.05) is 133 Å². The van der Waals surface area contributed by atoms with Gasteiger partial charge in [0, 0.05) is 27.5 Å². The number of benzene rings is 7. The smallest absolute Gasteiger partial charge is 0.164 e. The van der Waals surface area contributed by atoms with Gasteiger partial charge in [0.2, 0.25) is 0 Å². The Bertz CT molecular complexity index is 2550. The fourth-order valence-corrected chi connectivity index (χ4v) is 6.26. The van der Waals surface area contributed by atoms with Gasteiger partial charge in [0.1, 0.15) is 11.2 Å². The van der Waals surface area contributed by atoms with Crippen LogP contribution in [0.5, 0.6) is 0 Å². The molecule has 9 aromatic rings. The zero-order valence-electron chi connectivity index (χ0n) is 25.3. The summed E-state index contributed by atoms with van der Waals surface area (Å²) in [6, 6.07) is 56.5. The van der Waals surface area contributed by atoms with Crippen LogP contribution in [0.15, 0.2) is 168 Å². The van der Waals surface area contributed by atoms with E-state index in [1.54, 1.807) is 0 Å². The van der Waals surface area contributed by atoms with Crippen LogP contribution in [0, 0.1) is 0 Å². The van der Waals surface area contributed by atoms with Crippen molar-refractivity contribution in [3.8, 4) is 56.4 Å². The summed E-state index contributed by atoms with van der Waals surface area (Å²) in [4.78, 5) is 14.8. The Hall–Kier alpha value is -6.39. The lowest BCUT2D eigenvalue weighted by Crippen LogP contribution is -2.00. The fraction of sp³-hybridized carbons (Fsp3) is 0. The summed E-state index contributed by atoms with van der Waals surface area (Å²) in [6.07, 6.45) is 0. The summed E-state index contributed by atoms with van der Waals surface area (Å²) in [6.45, 7) is 0. The van der Waals surface area contributed by atoms with Crippen LogP contribution in [0.25, 0.3) is 89.1 Å². The molecule has 9 rings (SSSR count). The van der Waals surface area contributed by atoms with Crippen LogP contribution >= 0.6 is 0 Å². The normalized spacial score (nSPS) is 11.4. The third-order valence-electron chi connectivity index (χ3n) is 8.73. The second kappa shape index (κ2) is 11.2. The second-order valence-electron chi connectivity index (χ2n) is 11.7. The average molecular weight is 602 g/mol. The van der Waals surface area contributed by atoms with Crippen molar-refractivity contribution in [1.82, 2.24) is 15.0 Å². The first kappa shape index (κ1) is 27.0. The van der Waals surface area contributed by atoms with Crippen molar-refractivity contribution in [1.29, 1.82) is 0 Å². The van der Waals surface area contributed by atoms with E-state index in [1.165, 1.54) is 21.9 Å². The Labute approximate surface area is 271 Å². The molecule has 7 aromatic carbocycles. The average Bonchev–Trinajstić information content (AvgIpc) is 3.52. The molecular weight excluding hydrogens is 574 g/mol. The van der Waals surface area contributed by atoms with Crippen molar-refractivity contribution in [3.63, 3.8) is 0 Å². The minimum absolute atomic E-state index is 0.597. The molecular formula is C43H27N3O. The van der Waals surface area contributed by atoms with E-state index in [2.05, 4.69) is 121 Å². The third-order valence-corrected chi connectivity index (χ3v) is 8.73. The number of furan rings is 1. The van der Waals surface area contributed by atoms with Gasteiger partial charge in [0.05, 0.1) is 0 Å². The molecule has 220 valence electrons. The van der Waals surface area contributed by atoms with E-state index in [9.17, 15) is 0 Å². The van der Waals surface area contributed by atoms with Crippen LogP contribution in [0.1, 0.15) is 0 Å². The molecule has 0 aliphatic heterocycles. The predicted octanol–water partition coefficient (Wildman–Crippen LogP) is 11.3. The van der Waals surface area contributed by atoms with E-state index in [4.69, 9.17) is 19.4 Å². The highest BCUT2D eigenvalue weighted by molar-refractivity contribution is 6.07. The maximum Gasteiger partial charge on any atom is 0.164 e. The molecule has 0 N–H and O–H groups in total. The third kappa shape index (κ3) is 5.02. The Balaban J connectivity index is 1.13. The summed E-state index contributed by atoms with van der Waals surface area (Å²) in [5.74, 6) is 1.85. The van der Waals surface area contributed by atoms with E-state index in [0.29, 0.717) is 17.5 Å². The van der Waals surface area contributed by atoms with Gasteiger partial charge in [0.15, 0.2) is 17.5 Å². The van der Waals surface area contributed by atoms with Gasteiger partial charge in [-0.05, 0) is 63.4 Å². The summed E-state index contributed by atoms with van der Waals surface area (Å²) in [5.41, 5.74) is 9.02. The van der Waals surface area contributed by atoms with Crippen LogP contribution < -0.4 is 0 Å².